The second kappa shape index (κ2) is 8.88. The van der Waals surface area contributed by atoms with Crippen LogP contribution >= 0.6 is 0 Å². The van der Waals surface area contributed by atoms with E-state index in [1.165, 1.54) is 25.7 Å². The normalized spacial score (nSPS) is 27.8. The van der Waals surface area contributed by atoms with Crippen LogP contribution in [0.2, 0.25) is 0 Å². The van der Waals surface area contributed by atoms with Crippen LogP contribution < -0.4 is 5.32 Å². The van der Waals surface area contributed by atoms with Gasteiger partial charge in [-0.2, -0.15) is 13.2 Å². The molecule has 0 spiro atoms. The number of rotatable bonds is 8. The molecule has 1 aliphatic rings. The van der Waals surface area contributed by atoms with Gasteiger partial charge < -0.3 is 10.4 Å². The fraction of sp³-hybridized carbons (Fsp3) is 1.00. The third-order valence-corrected chi connectivity index (χ3v) is 4.05. The summed E-state index contributed by atoms with van der Waals surface area (Å²) in [5, 5.41) is 12.2. The topological polar surface area (TPSA) is 32.3 Å². The number of piperidine rings is 1. The van der Waals surface area contributed by atoms with Crippen LogP contribution in [0, 0.1) is 0 Å². The second-order valence-corrected chi connectivity index (χ2v) is 5.99. The summed E-state index contributed by atoms with van der Waals surface area (Å²) in [5.74, 6) is 0. The van der Waals surface area contributed by atoms with Crippen LogP contribution in [-0.2, 0) is 0 Å². The third-order valence-electron chi connectivity index (χ3n) is 4.05. The molecule has 1 saturated heterocycles. The van der Waals surface area contributed by atoms with Gasteiger partial charge in [0.25, 0.3) is 0 Å². The molecule has 1 aliphatic heterocycles. The van der Waals surface area contributed by atoms with E-state index in [0.717, 1.165) is 25.7 Å². The van der Waals surface area contributed by atoms with Gasteiger partial charge in [0.2, 0.25) is 0 Å². The first-order chi connectivity index (χ1) is 9.43. The average Bonchev–Trinajstić information content (AvgIpc) is 2.36. The van der Waals surface area contributed by atoms with E-state index >= 15 is 0 Å². The molecule has 20 heavy (non-hydrogen) atoms. The van der Waals surface area contributed by atoms with Crippen molar-refractivity contribution in [2.45, 2.75) is 95.5 Å². The van der Waals surface area contributed by atoms with E-state index in [1.54, 1.807) is 0 Å². The minimum atomic E-state index is -4.25. The average molecular weight is 295 g/mol. The predicted octanol–water partition coefficient (Wildman–Crippen LogP) is 4.17. The lowest BCUT2D eigenvalue weighted by molar-refractivity contribution is -0.171. The number of aliphatic hydroxyl groups is 1. The Kier molecular flexibility index (Phi) is 7.88. The highest BCUT2D eigenvalue weighted by Crippen LogP contribution is 2.29. The number of halogens is 3. The Morgan fingerprint density at radius 3 is 2.20 bits per heavy atom. The number of hydrogen-bond donors (Lipinski definition) is 2. The van der Waals surface area contributed by atoms with Gasteiger partial charge in [0.1, 0.15) is 6.04 Å². The number of hydrogen-bond acceptors (Lipinski definition) is 2. The first-order valence-corrected chi connectivity index (χ1v) is 7.94. The van der Waals surface area contributed by atoms with E-state index in [0.29, 0.717) is 6.42 Å². The minimum Gasteiger partial charge on any atom is -0.393 e. The van der Waals surface area contributed by atoms with Crippen molar-refractivity contribution in [3.63, 3.8) is 0 Å². The van der Waals surface area contributed by atoms with Crippen molar-refractivity contribution in [1.82, 2.24) is 5.32 Å². The van der Waals surface area contributed by atoms with Gasteiger partial charge in [0, 0.05) is 6.04 Å². The van der Waals surface area contributed by atoms with Crippen LogP contribution in [0.3, 0.4) is 0 Å². The fourth-order valence-corrected chi connectivity index (χ4v) is 2.89. The van der Waals surface area contributed by atoms with Crippen molar-refractivity contribution >= 4 is 0 Å². The molecule has 120 valence electrons. The summed E-state index contributed by atoms with van der Waals surface area (Å²) < 4.78 is 38.0. The first kappa shape index (κ1) is 17.8. The Labute approximate surface area is 120 Å². The number of unbranched alkanes of at least 4 members (excludes halogenated alkanes) is 6. The van der Waals surface area contributed by atoms with Crippen LogP contribution in [0.25, 0.3) is 0 Å². The van der Waals surface area contributed by atoms with Gasteiger partial charge in [-0.1, -0.05) is 51.9 Å². The molecule has 0 aromatic heterocycles. The molecule has 0 amide bonds. The van der Waals surface area contributed by atoms with Crippen molar-refractivity contribution in [3.05, 3.63) is 0 Å². The van der Waals surface area contributed by atoms with Gasteiger partial charge in [-0.25, -0.2) is 0 Å². The van der Waals surface area contributed by atoms with Crippen molar-refractivity contribution < 1.29 is 18.3 Å². The summed E-state index contributed by atoms with van der Waals surface area (Å²) in [6.45, 7) is 2.18. The summed E-state index contributed by atoms with van der Waals surface area (Å²) in [4.78, 5) is 0. The van der Waals surface area contributed by atoms with Gasteiger partial charge in [-0.05, 0) is 19.3 Å². The number of aliphatic hydroxyl groups excluding tert-OH is 1. The zero-order valence-electron chi connectivity index (χ0n) is 12.4. The Bertz CT molecular complexity index is 258. The molecule has 0 aliphatic carbocycles. The summed E-state index contributed by atoms with van der Waals surface area (Å²) in [5.41, 5.74) is 0. The molecule has 1 rings (SSSR count). The Morgan fingerprint density at radius 2 is 1.60 bits per heavy atom. The van der Waals surface area contributed by atoms with Gasteiger partial charge in [-0.3, -0.25) is 0 Å². The first-order valence-electron chi connectivity index (χ1n) is 7.94. The van der Waals surface area contributed by atoms with Gasteiger partial charge in [0.15, 0.2) is 0 Å². The van der Waals surface area contributed by atoms with E-state index in [9.17, 15) is 18.3 Å². The quantitative estimate of drug-likeness (QED) is 0.659. The molecular weight excluding hydrogens is 267 g/mol. The molecule has 0 unspecified atom stereocenters. The van der Waals surface area contributed by atoms with Crippen molar-refractivity contribution in [1.29, 1.82) is 0 Å². The highest BCUT2D eigenvalue weighted by Gasteiger charge is 2.44. The molecule has 2 N–H and O–H groups in total. The Morgan fingerprint density at radius 1 is 1.00 bits per heavy atom. The summed E-state index contributed by atoms with van der Waals surface area (Å²) in [6.07, 6.45) is 4.06. The molecule has 5 heteroatoms. The standard InChI is InChI=1S/C15H28F3NO/c1-2-3-4-5-6-7-8-9-12-10-13(20)11-14(19-12)15(16,17)18/h12-14,19-20H,2-11H2,1H3/t12-,13+,14-/m0/s1. The minimum absolute atomic E-state index is 0.194. The number of nitrogens with one attached hydrogen (secondary N) is 1. The van der Waals surface area contributed by atoms with Crippen LogP contribution in [0.1, 0.15) is 71.1 Å². The Hall–Kier alpha value is -0.290. The van der Waals surface area contributed by atoms with Crippen LogP contribution in [0.15, 0.2) is 0 Å². The maximum absolute atomic E-state index is 12.7. The van der Waals surface area contributed by atoms with Crippen LogP contribution in [-0.4, -0.2) is 29.5 Å². The number of alkyl halides is 3. The van der Waals surface area contributed by atoms with E-state index in [-0.39, 0.29) is 12.5 Å². The van der Waals surface area contributed by atoms with Crippen LogP contribution in [0.5, 0.6) is 0 Å². The highest BCUT2D eigenvalue weighted by molar-refractivity contribution is 4.89. The molecule has 0 aromatic rings. The van der Waals surface area contributed by atoms with E-state index < -0.39 is 18.3 Å². The lowest BCUT2D eigenvalue weighted by Gasteiger charge is -2.35. The zero-order chi connectivity index (χ0) is 15.0. The molecule has 1 heterocycles. The maximum Gasteiger partial charge on any atom is 0.403 e. The predicted molar refractivity (Wildman–Crippen MR) is 74.6 cm³/mol. The second-order valence-electron chi connectivity index (χ2n) is 5.99. The third kappa shape index (κ3) is 6.93. The van der Waals surface area contributed by atoms with E-state index in [1.807, 2.05) is 0 Å². The molecule has 0 aromatic carbocycles. The lowest BCUT2D eigenvalue weighted by atomic mass is 9.92. The molecule has 0 saturated carbocycles. The molecule has 0 radical (unpaired) electrons. The molecule has 0 bridgehead atoms. The Balaban J connectivity index is 2.16. The van der Waals surface area contributed by atoms with Gasteiger partial charge in [0.05, 0.1) is 6.10 Å². The zero-order valence-corrected chi connectivity index (χ0v) is 12.4. The van der Waals surface area contributed by atoms with Gasteiger partial charge in [-0.15, -0.1) is 0 Å². The summed E-state index contributed by atoms with van der Waals surface area (Å²) >= 11 is 0. The summed E-state index contributed by atoms with van der Waals surface area (Å²) in [6, 6.07) is -1.73. The van der Waals surface area contributed by atoms with E-state index in [2.05, 4.69) is 12.2 Å². The van der Waals surface area contributed by atoms with Crippen molar-refractivity contribution in [2.75, 3.05) is 0 Å². The molecular formula is C15H28F3NO. The van der Waals surface area contributed by atoms with E-state index in [4.69, 9.17) is 0 Å². The largest absolute Gasteiger partial charge is 0.403 e. The van der Waals surface area contributed by atoms with Gasteiger partial charge >= 0.3 is 6.18 Å². The monoisotopic (exact) mass is 295 g/mol. The molecule has 1 fully saturated rings. The SMILES string of the molecule is CCCCCCCCC[C@H]1C[C@@H](O)C[C@@H](C(F)(F)F)N1. The summed E-state index contributed by atoms with van der Waals surface area (Å²) in [7, 11) is 0. The van der Waals surface area contributed by atoms with Crippen molar-refractivity contribution in [3.8, 4) is 0 Å². The maximum atomic E-state index is 12.7. The van der Waals surface area contributed by atoms with Crippen molar-refractivity contribution in [2.24, 2.45) is 0 Å². The fourth-order valence-electron chi connectivity index (χ4n) is 2.89. The van der Waals surface area contributed by atoms with Crippen LogP contribution in [0.4, 0.5) is 13.2 Å². The lowest BCUT2D eigenvalue weighted by Crippen LogP contribution is -2.54. The molecule has 3 atom stereocenters. The molecule has 2 nitrogen and oxygen atoms in total. The smallest absolute Gasteiger partial charge is 0.393 e. The highest BCUT2D eigenvalue weighted by atomic mass is 19.4.